The average molecular weight is 346 g/mol. The highest BCUT2D eigenvalue weighted by molar-refractivity contribution is 7.98. The fraction of sp³-hybridized carbons (Fsp3) is 0.0476. The van der Waals surface area contributed by atoms with E-state index in [0.29, 0.717) is 0 Å². The summed E-state index contributed by atoms with van der Waals surface area (Å²) in [6, 6.07) is 24.8. The van der Waals surface area contributed by atoms with Gasteiger partial charge in [-0.3, -0.25) is 0 Å². The summed E-state index contributed by atoms with van der Waals surface area (Å²) in [6.45, 7) is 0. The Labute approximate surface area is 149 Å². The lowest BCUT2D eigenvalue weighted by molar-refractivity contribution is 0.628. The van der Waals surface area contributed by atoms with Crippen molar-refractivity contribution in [2.45, 2.75) is 10.8 Å². The molecule has 2 nitrogen and oxygen atoms in total. The molecule has 4 aromatic rings. The zero-order valence-electron chi connectivity index (χ0n) is 13.4. The SMILES string of the molecule is Fc1ccc(-c2nnc(SCc3ccccc3)c3ccccc23)cc1. The highest BCUT2D eigenvalue weighted by Gasteiger charge is 2.11. The number of thioether (sulfide) groups is 1. The number of rotatable bonds is 4. The largest absolute Gasteiger partial charge is 0.207 e. The molecule has 0 aliphatic carbocycles. The molecule has 1 aromatic heterocycles. The third kappa shape index (κ3) is 3.39. The molecule has 4 heteroatoms. The van der Waals surface area contributed by atoms with Crippen molar-refractivity contribution < 1.29 is 4.39 Å². The summed E-state index contributed by atoms with van der Waals surface area (Å²) in [5.74, 6) is 0.589. The van der Waals surface area contributed by atoms with Crippen molar-refractivity contribution >= 4 is 22.5 Å². The summed E-state index contributed by atoms with van der Waals surface area (Å²) in [4.78, 5) is 0. The standard InChI is InChI=1S/C21H15FN2S/c22-17-12-10-16(11-13-17)20-18-8-4-5-9-19(18)21(24-23-20)25-14-15-6-2-1-3-7-15/h1-13H,14H2. The fourth-order valence-electron chi connectivity index (χ4n) is 2.73. The van der Waals surface area contributed by atoms with Crippen LogP contribution in [-0.2, 0) is 5.75 Å². The number of fused-ring (bicyclic) bond motifs is 1. The number of hydrogen-bond donors (Lipinski definition) is 0. The van der Waals surface area contributed by atoms with Crippen LogP contribution in [0.2, 0.25) is 0 Å². The molecular weight excluding hydrogens is 331 g/mol. The predicted octanol–water partition coefficient (Wildman–Crippen LogP) is 5.73. The molecule has 122 valence electrons. The van der Waals surface area contributed by atoms with Gasteiger partial charge < -0.3 is 0 Å². The van der Waals surface area contributed by atoms with Crippen molar-refractivity contribution in [1.29, 1.82) is 0 Å². The molecule has 0 atom stereocenters. The molecule has 1 heterocycles. The first kappa shape index (κ1) is 15.8. The molecular formula is C21H15FN2S. The first-order valence-electron chi connectivity index (χ1n) is 7.99. The van der Waals surface area contributed by atoms with Crippen molar-refractivity contribution in [2.24, 2.45) is 0 Å². The molecule has 3 aromatic carbocycles. The Bertz CT molecular complexity index is 1000. The minimum absolute atomic E-state index is 0.254. The Morgan fingerprint density at radius 1 is 0.720 bits per heavy atom. The van der Waals surface area contributed by atoms with Crippen LogP contribution in [0.15, 0.2) is 83.9 Å². The number of aromatic nitrogens is 2. The van der Waals surface area contributed by atoms with Gasteiger partial charge in [-0.25, -0.2) is 4.39 Å². The minimum atomic E-state index is -0.254. The smallest absolute Gasteiger partial charge is 0.127 e. The van der Waals surface area contributed by atoms with E-state index >= 15 is 0 Å². The van der Waals surface area contributed by atoms with Crippen LogP contribution in [-0.4, -0.2) is 10.2 Å². The van der Waals surface area contributed by atoms with Crippen LogP contribution in [0.25, 0.3) is 22.0 Å². The van der Waals surface area contributed by atoms with E-state index in [1.54, 1.807) is 23.9 Å². The Kier molecular flexibility index (Phi) is 4.44. The summed E-state index contributed by atoms with van der Waals surface area (Å²) in [7, 11) is 0. The molecule has 0 N–H and O–H groups in total. The summed E-state index contributed by atoms with van der Waals surface area (Å²) < 4.78 is 13.2. The van der Waals surface area contributed by atoms with Gasteiger partial charge >= 0.3 is 0 Å². The number of halogens is 1. The molecule has 25 heavy (non-hydrogen) atoms. The summed E-state index contributed by atoms with van der Waals surface area (Å²) in [6.07, 6.45) is 0. The average Bonchev–Trinajstić information content (AvgIpc) is 2.68. The van der Waals surface area contributed by atoms with Gasteiger partial charge in [0.05, 0.1) is 0 Å². The lowest BCUT2D eigenvalue weighted by Gasteiger charge is -2.09. The minimum Gasteiger partial charge on any atom is -0.207 e. The Hall–Kier alpha value is -2.72. The quantitative estimate of drug-likeness (QED) is 0.441. The van der Waals surface area contributed by atoms with Gasteiger partial charge in [-0.2, -0.15) is 0 Å². The second-order valence-corrected chi connectivity index (χ2v) is 6.64. The monoisotopic (exact) mass is 346 g/mol. The molecule has 0 spiro atoms. The molecule has 0 amide bonds. The maximum Gasteiger partial charge on any atom is 0.127 e. The van der Waals surface area contributed by atoms with Gasteiger partial charge in [-0.05, 0) is 29.8 Å². The van der Waals surface area contributed by atoms with E-state index in [4.69, 9.17) is 0 Å². The number of benzene rings is 3. The van der Waals surface area contributed by atoms with E-state index in [1.165, 1.54) is 17.7 Å². The van der Waals surface area contributed by atoms with Crippen LogP contribution in [0.5, 0.6) is 0 Å². The zero-order chi connectivity index (χ0) is 17.1. The van der Waals surface area contributed by atoms with Gasteiger partial charge in [-0.1, -0.05) is 66.4 Å². The second kappa shape index (κ2) is 7.03. The summed E-state index contributed by atoms with van der Waals surface area (Å²) in [5.41, 5.74) is 2.89. The highest BCUT2D eigenvalue weighted by Crippen LogP contribution is 2.32. The Morgan fingerprint density at radius 3 is 2.16 bits per heavy atom. The lowest BCUT2D eigenvalue weighted by atomic mass is 10.1. The summed E-state index contributed by atoms with van der Waals surface area (Å²) in [5, 5.41) is 11.9. The van der Waals surface area contributed by atoms with E-state index in [-0.39, 0.29) is 5.82 Å². The van der Waals surface area contributed by atoms with Gasteiger partial charge in [0, 0.05) is 22.1 Å². The van der Waals surface area contributed by atoms with Gasteiger partial charge in [-0.15, -0.1) is 10.2 Å². The first-order valence-corrected chi connectivity index (χ1v) is 8.98. The van der Waals surface area contributed by atoms with Crippen LogP contribution in [0, 0.1) is 5.82 Å². The summed E-state index contributed by atoms with van der Waals surface area (Å²) >= 11 is 1.68. The number of nitrogens with zero attached hydrogens (tertiary/aromatic N) is 2. The third-order valence-corrected chi connectivity index (χ3v) is 5.04. The third-order valence-electron chi connectivity index (χ3n) is 3.99. The van der Waals surface area contributed by atoms with Gasteiger partial charge in [0.1, 0.15) is 16.5 Å². The maximum absolute atomic E-state index is 13.2. The van der Waals surface area contributed by atoms with Crippen molar-refractivity contribution in [3.8, 4) is 11.3 Å². The van der Waals surface area contributed by atoms with Gasteiger partial charge in [0.25, 0.3) is 0 Å². The molecule has 0 aliphatic heterocycles. The molecule has 0 aliphatic rings. The topological polar surface area (TPSA) is 25.8 Å². The molecule has 0 fully saturated rings. The van der Waals surface area contributed by atoms with Crippen molar-refractivity contribution in [3.05, 3.63) is 90.2 Å². The maximum atomic E-state index is 13.2. The predicted molar refractivity (Wildman–Crippen MR) is 101 cm³/mol. The van der Waals surface area contributed by atoms with Gasteiger partial charge in [0.15, 0.2) is 0 Å². The molecule has 0 unspecified atom stereocenters. The molecule has 4 rings (SSSR count). The zero-order valence-corrected chi connectivity index (χ0v) is 14.2. The first-order chi connectivity index (χ1) is 12.3. The van der Waals surface area contributed by atoms with E-state index in [2.05, 4.69) is 28.4 Å². The molecule has 0 radical (unpaired) electrons. The van der Waals surface area contributed by atoms with Crippen LogP contribution < -0.4 is 0 Å². The second-order valence-electron chi connectivity index (χ2n) is 5.68. The Morgan fingerprint density at radius 2 is 1.40 bits per heavy atom. The molecule has 0 saturated carbocycles. The fourth-order valence-corrected chi connectivity index (χ4v) is 3.66. The van der Waals surface area contributed by atoms with Crippen LogP contribution in [0.1, 0.15) is 5.56 Å². The normalized spacial score (nSPS) is 10.9. The lowest BCUT2D eigenvalue weighted by Crippen LogP contribution is -1.94. The van der Waals surface area contributed by atoms with Crippen molar-refractivity contribution in [1.82, 2.24) is 10.2 Å². The van der Waals surface area contributed by atoms with Gasteiger partial charge in [0.2, 0.25) is 0 Å². The number of hydrogen-bond acceptors (Lipinski definition) is 3. The molecule has 0 bridgehead atoms. The highest BCUT2D eigenvalue weighted by atomic mass is 32.2. The Balaban J connectivity index is 1.73. The van der Waals surface area contributed by atoms with Crippen molar-refractivity contribution in [2.75, 3.05) is 0 Å². The van der Waals surface area contributed by atoms with E-state index in [1.807, 2.05) is 36.4 Å². The van der Waals surface area contributed by atoms with E-state index in [0.717, 1.165) is 32.8 Å². The van der Waals surface area contributed by atoms with Crippen LogP contribution in [0.3, 0.4) is 0 Å². The van der Waals surface area contributed by atoms with Crippen LogP contribution in [0.4, 0.5) is 4.39 Å². The van der Waals surface area contributed by atoms with E-state index in [9.17, 15) is 4.39 Å². The van der Waals surface area contributed by atoms with E-state index < -0.39 is 0 Å². The molecule has 0 saturated heterocycles. The van der Waals surface area contributed by atoms with Crippen molar-refractivity contribution in [3.63, 3.8) is 0 Å². The van der Waals surface area contributed by atoms with Crippen LogP contribution >= 0.6 is 11.8 Å².